The molecule has 0 radical (unpaired) electrons. The van der Waals surface area contributed by atoms with Gasteiger partial charge in [0.1, 0.15) is 5.69 Å². The first-order chi connectivity index (χ1) is 9.99. The number of nitrogens with two attached hydrogens (primary N) is 1. The molecular weight excluding hydrogens is 309 g/mol. The number of nitrogens with zero attached hydrogens (tertiary/aromatic N) is 2. The van der Waals surface area contributed by atoms with Gasteiger partial charge in [0.15, 0.2) is 0 Å². The van der Waals surface area contributed by atoms with Crippen LogP contribution in [0.25, 0.3) is 0 Å². The Bertz CT molecular complexity index is 750. The van der Waals surface area contributed by atoms with E-state index in [0.717, 1.165) is 5.56 Å². The minimum atomic E-state index is -0.431. The molecule has 106 valence electrons. The number of halogens is 2. The van der Waals surface area contributed by atoms with Crippen LogP contribution in [0.3, 0.4) is 0 Å². The lowest BCUT2D eigenvalue weighted by atomic mass is 9.95. The fraction of sp³-hybridized carbons (Fsp3) is 0.133. The summed E-state index contributed by atoms with van der Waals surface area (Å²) < 4.78 is 0. The summed E-state index contributed by atoms with van der Waals surface area (Å²) in [7, 11) is 0. The van der Waals surface area contributed by atoms with Crippen molar-refractivity contribution in [2.75, 3.05) is 0 Å². The first-order valence-corrected chi connectivity index (χ1v) is 6.83. The van der Waals surface area contributed by atoms with E-state index in [2.05, 4.69) is 21.8 Å². The summed E-state index contributed by atoms with van der Waals surface area (Å²) in [5.74, 6) is 4.94. The third kappa shape index (κ3) is 3.72. The minimum absolute atomic E-state index is 0.0717. The summed E-state index contributed by atoms with van der Waals surface area (Å²) in [4.78, 5) is 19.1. The molecule has 1 aromatic carbocycles. The zero-order chi connectivity index (χ0) is 15.4. The zero-order valence-corrected chi connectivity index (χ0v) is 12.6. The lowest BCUT2D eigenvalue weighted by Gasteiger charge is -2.09. The summed E-state index contributed by atoms with van der Waals surface area (Å²) in [6.07, 6.45) is 1.39. The molecule has 0 aliphatic carbocycles. The van der Waals surface area contributed by atoms with Crippen LogP contribution < -0.4 is 5.73 Å². The molecule has 1 aromatic heterocycles. The standard InChI is InChI=1S/C15H11Cl2N3O/c1-9(14(18)21)11-5-3-2-4-10(11)6-7-13-12(16)8-19-15(17)20-13/h2-5,8-9H,1H3,(H2,18,21). The highest BCUT2D eigenvalue weighted by Crippen LogP contribution is 2.19. The first kappa shape index (κ1) is 15.3. The minimum Gasteiger partial charge on any atom is -0.369 e. The molecule has 1 heterocycles. The quantitative estimate of drug-likeness (QED) is 0.683. The average molecular weight is 320 g/mol. The Labute approximate surface area is 132 Å². The predicted molar refractivity (Wildman–Crippen MR) is 82.1 cm³/mol. The molecular formula is C15H11Cl2N3O. The van der Waals surface area contributed by atoms with Gasteiger partial charge in [-0.15, -0.1) is 0 Å². The highest BCUT2D eigenvalue weighted by Gasteiger charge is 2.14. The lowest BCUT2D eigenvalue weighted by molar-refractivity contribution is -0.119. The monoisotopic (exact) mass is 319 g/mol. The second kappa shape index (κ2) is 6.57. The van der Waals surface area contributed by atoms with Gasteiger partial charge in [-0.2, -0.15) is 0 Å². The molecule has 21 heavy (non-hydrogen) atoms. The van der Waals surface area contributed by atoms with Crippen molar-refractivity contribution in [3.63, 3.8) is 0 Å². The second-order valence-electron chi connectivity index (χ2n) is 4.30. The van der Waals surface area contributed by atoms with Gasteiger partial charge in [0.25, 0.3) is 0 Å². The van der Waals surface area contributed by atoms with Crippen molar-refractivity contribution < 1.29 is 4.79 Å². The molecule has 2 aromatic rings. The van der Waals surface area contributed by atoms with Gasteiger partial charge in [-0.05, 0) is 36.1 Å². The fourth-order valence-electron chi connectivity index (χ4n) is 1.70. The van der Waals surface area contributed by atoms with Crippen molar-refractivity contribution in [3.05, 3.63) is 57.6 Å². The molecule has 2 N–H and O–H groups in total. The van der Waals surface area contributed by atoms with E-state index in [1.165, 1.54) is 6.20 Å². The van der Waals surface area contributed by atoms with Crippen LogP contribution in [-0.2, 0) is 4.79 Å². The van der Waals surface area contributed by atoms with Crippen molar-refractivity contribution >= 4 is 29.1 Å². The van der Waals surface area contributed by atoms with Crippen LogP contribution in [0.2, 0.25) is 10.3 Å². The number of amides is 1. The van der Waals surface area contributed by atoms with Crippen LogP contribution in [-0.4, -0.2) is 15.9 Å². The Balaban J connectivity index is 2.44. The SMILES string of the molecule is CC(C(N)=O)c1ccccc1C#Cc1nc(Cl)ncc1Cl. The summed E-state index contributed by atoms with van der Waals surface area (Å²) in [6, 6.07) is 7.27. The Hall–Kier alpha value is -2.09. The molecule has 0 aliphatic heterocycles. The van der Waals surface area contributed by atoms with Crippen molar-refractivity contribution in [3.8, 4) is 11.8 Å². The third-order valence-corrected chi connectivity index (χ3v) is 3.34. The summed E-state index contributed by atoms with van der Waals surface area (Å²) >= 11 is 11.7. The molecule has 0 saturated carbocycles. The van der Waals surface area contributed by atoms with Gasteiger partial charge in [0, 0.05) is 5.56 Å². The molecule has 2 rings (SSSR count). The van der Waals surface area contributed by atoms with E-state index in [1.54, 1.807) is 13.0 Å². The molecule has 0 fully saturated rings. The van der Waals surface area contributed by atoms with Crippen molar-refractivity contribution in [1.82, 2.24) is 9.97 Å². The van der Waals surface area contributed by atoms with Crippen LogP contribution in [0.5, 0.6) is 0 Å². The largest absolute Gasteiger partial charge is 0.369 e. The Morgan fingerprint density at radius 1 is 1.29 bits per heavy atom. The zero-order valence-electron chi connectivity index (χ0n) is 11.1. The average Bonchev–Trinajstić information content (AvgIpc) is 2.47. The molecule has 1 amide bonds. The number of benzene rings is 1. The van der Waals surface area contributed by atoms with Crippen LogP contribution in [0, 0.1) is 11.8 Å². The second-order valence-corrected chi connectivity index (χ2v) is 5.04. The van der Waals surface area contributed by atoms with E-state index < -0.39 is 11.8 Å². The van der Waals surface area contributed by atoms with Gasteiger partial charge in [0.2, 0.25) is 11.2 Å². The number of carbonyl (C=O) groups is 1. The highest BCUT2D eigenvalue weighted by atomic mass is 35.5. The van der Waals surface area contributed by atoms with Gasteiger partial charge in [0.05, 0.1) is 17.1 Å². The van der Waals surface area contributed by atoms with Crippen LogP contribution in [0.4, 0.5) is 0 Å². The molecule has 0 spiro atoms. The van der Waals surface area contributed by atoms with E-state index in [1.807, 2.05) is 18.2 Å². The van der Waals surface area contributed by atoms with Gasteiger partial charge in [-0.3, -0.25) is 4.79 Å². The van der Waals surface area contributed by atoms with Crippen LogP contribution >= 0.6 is 23.2 Å². The summed E-state index contributed by atoms with van der Waals surface area (Å²) in [5.41, 5.74) is 7.12. The van der Waals surface area contributed by atoms with Gasteiger partial charge in [-0.1, -0.05) is 35.7 Å². The topological polar surface area (TPSA) is 68.9 Å². The summed E-state index contributed by atoms with van der Waals surface area (Å²) in [5, 5.41) is 0.384. The van der Waals surface area contributed by atoms with E-state index in [9.17, 15) is 4.79 Å². The van der Waals surface area contributed by atoms with E-state index >= 15 is 0 Å². The van der Waals surface area contributed by atoms with Gasteiger partial charge >= 0.3 is 0 Å². The smallest absolute Gasteiger partial charge is 0.224 e. The molecule has 0 aliphatic rings. The normalized spacial score (nSPS) is 11.4. The maximum atomic E-state index is 11.3. The van der Waals surface area contributed by atoms with Crippen molar-refractivity contribution in [2.45, 2.75) is 12.8 Å². The van der Waals surface area contributed by atoms with Crippen molar-refractivity contribution in [2.24, 2.45) is 5.73 Å². The number of rotatable bonds is 2. The van der Waals surface area contributed by atoms with Crippen molar-refractivity contribution in [1.29, 1.82) is 0 Å². The molecule has 0 saturated heterocycles. The third-order valence-electron chi connectivity index (χ3n) is 2.88. The van der Waals surface area contributed by atoms with E-state index in [4.69, 9.17) is 28.9 Å². The van der Waals surface area contributed by atoms with Gasteiger partial charge < -0.3 is 5.73 Å². The van der Waals surface area contributed by atoms with E-state index in [-0.39, 0.29) is 5.28 Å². The van der Waals surface area contributed by atoms with Crippen LogP contribution in [0.15, 0.2) is 30.5 Å². The Morgan fingerprint density at radius 2 is 2.00 bits per heavy atom. The first-order valence-electron chi connectivity index (χ1n) is 6.07. The Morgan fingerprint density at radius 3 is 2.71 bits per heavy atom. The maximum absolute atomic E-state index is 11.3. The van der Waals surface area contributed by atoms with Gasteiger partial charge in [-0.25, -0.2) is 9.97 Å². The lowest BCUT2D eigenvalue weighted by Crippen LogP contribution is -2.19. The number of hydrogen-bond acceptors (Lipinski definition) is 3. The summed E-state index contributed by atoms with van der Waals surface area (Å²) in [6.45, 7) is 1.73. The molecule has 4 nitrogen and oxygen atoms in total. The number of primary amides is 1. The number of hydrogen-bond donors (Lipinski definition) is 1. The van der Waals surface area contributed by atoms with E-state index in [0.29, 0.717) is 16.3 Å². The molecule has 0 bridgehead atoms. The number of carbonyl (C=O) groups excluding carboxylic acids is 1. The fourth-order valence-corrected chi connectivity index (χ4v) is 1.97. The number of aromatic nitrogens is 2. The molecule has 1 unspecified atom stereocenters. The highest BCUT2D eigenvalue weighted by molar-refractivity contribution is 6.32. The molecule has 6 heteroatoms. The predicted octanol–water partition coefficient (Wildman–Crippen LogP) is 2.77. The molecule has 1 atom stereocenters. The Kier molecular flexibility index (Phi) is 4.79. The maximum Gasteiger partial charge on any atom is 0.224 e. The van der Waals surface area contributed by atoms with Crippen LogP contribution in [0.1, 0.15) is 29.7 Å².